The first-order valence-corrected chi connectivity index (χ1v) is 8.69. The van der Waals surface area contributed by atoms with Gasteiger partial charge in [0.15, 0.2) is 6.61 Å². The molecular weight excluding hydrogens is 440 g/mol. The molecule has 2 aromatic rings. The van der Waals surface area contributed by atoms with E-state index < -0.39 is 11.8 Å². The summed E-state index contributed by atoms with van der Waals surface area (Å²) >= 11 is 6.73. The van der Waals surface area contributed by atoms with Crippen LogP contribution in [0.3, 0.4) is 0 Å². The smallest absolute Gasteiger partial charge is 0.276 e. The van der Waals surface area contributed by atoms with Gasteiger partial charge >= 0.3 is 0 Å². The highest BCUT2D eigenvalue weighted by Gasteiger charge is 2.10. The highest BCUT2D eigenvalue weighted by atomic mass is 79.9. The topological polar surface area (TPSA) is 67.4 Å². The summed E-state index contributed by atoms with van der Waals surface area (Å²) in [4.78, 5) is 23.8. The molecule has 2 rings (SSSR count). The number of carbonyl (C=O) groups excluding carboxylic acids is 2. The second-order valence-electron chi connectivity index (χ2n) is 5.16. The highest BCUT2D eigenvalue weighted by Crippen LogP contribution is 2.22. The van der Waals surface area contributed by atoms with E-state index in [4.69, 9.17) is 4.74 Å². The third-order valence-corrected chi connectivity index (χ3v) is 4.59. The summed E-state index contributed by atoms with van der Waals surface area (Å²) in [6.45, 7) is 3.62. The number of benzene rings is 2. The van der Waals surface area contributed by atoms with E-state index in [9.17, 15) is 9.59 Å². The zero-order valence-corrected chi connectivity index (χ0v) is 16.3. The number of nitrogens with one attached hydrogen (secondary N) is 2. The summed E-state index contributed by atoms with van der Waals surface area (Å²) in [5, 5.41) is 0. The van der Waals surface area contributed by atoms with Gasteiger partial charge in [0.05, 0.1) is 0 Å². The van der Waals surface area contributed by atoms with Gasteiger partial charge in [-0.05, 0) is 55.3 Å². The first-order chi connectivity index (χ1) is 11.4. The Hall–Kier alpha value is -1.86. The molecule has 0 fully saturated rings. The molecule has 7 heteroatoms. The maximum absolute atomic E-state index is 12.0. The summed E-state index contributed by atoms with van der Waals surface area (Å²) < 4.78 is 7.20. The first-order valence-electron chi connectivity index (χ1n) is 7.11. The molecule has 0 saturated heterocycles. The van der Waals surface area contributed by atoms with Gasteiger partial charge in [0.1, 0.15) is 5.75 Å². The van der Waals surface area contributed by atoms with Crippen molar-refractivity contribution >= 4 is 43.7 Å². The second-order valence-corrected chi connectivity index (χ2v) is 6.93. The lowest BCUT2D eigenvalue weighted by molar-refractivity contribution is -0.123. The molecule has 2 aromatic carbocycles. The number of aryl methyl sites for hydroxylation is 2. The lowest BCUT2D eigenvalue weighted by atomic mass is 10.1. The minimum Gasteiger partial charge on any atom is -0.483 e. The fourth-order valence-electron chi connectivity index (χ4n) is 1.89. The van der Waals surface area contributed by atoms with Crippen LogP contribution < -0.4 is 15.6 Å². The molecule has 0 saturated carbocycles. The maximum Gasteiger partial charge on any atom is 0.276 e. The van der Waals surface area contributed by atoms with E-state index in [0.29, 0.717) is 11.3 Å². The second kappa shape index (κ2) is 8.30. The van der Waals surface area contributed by atoms with Crippen molar-refractivity contribution in [3.63, 3.8) is 0 Å². The molecule has 0 unspecified atom stereocenters. The van der Waals surface area contributed by atoms with E-state index in [0.717, 1.165) is 20.1 Å². The van der Waals surface area contributed by atoms with Crippen LogP contribution in [0.2, 0.25) is 0 Å². The van der Waals surface area contributed by atoms with Crippen LogP contribution in [0, 0.1) is 13.8 Å². The minimum atomic E-state index is -0.447. The number of carbonyl (C=O) groups is 2. The van der Waals surface area contributed by atoms with E-state index in [1.165, 1.54) is 0 Å². The van der Waals surface area contributed by atoms with Gasteiger partial charge in [0.2, 0.25) is 0 Å². The molecule has 0 aliphatic rings. The Labute approximate surface area is 157 Å². The monoisotopic (exact) mass is 454 g/mol. The summed E-state index contributed by atoms with van der Waals surface area (Å²) in [7, 11) is 0. The van der Waals surface area contributed by atoms with Crippen molar-refractivity contribution in [2.75, 3.05) is 6.61 Å². The van der Waals surface area contributed by atoms with Gasteiger partial charge in [0, 0.05) is 14.5 Å². The predicted octanol–water partition coefficient (Wildman–Crippen LogP) is 3.67. The quantitative estimate of drug-likeness (QED) is 0.691. The van der Waals surface area contributed by atoms with Gasteiger partial charge in [-0.15, -0.1) is 0 Å². The van der Waals surface area contributed by atoms with Crippen molar-refractivity contribution in [2.24, 2.45) is 0 Å². The number of ether oxygens (including phenoxy) is 1. The van der Waals surface area contributed by atoms with Gasteiger partial charge < -0.3 is 4.74 Å². The summed E-state index contributed by atoms with van der Waals surface area (Å²) in [6, 6.07) is 10.7. The van der Waals surface area contributed by atoms with Crippen molar-refractivity contribution in [1.82, 2.24) is 10.9 Å². The van der Waals surface area contributed by atoms with Crippen molar-refractivity contribution in [3.05, 3.63) is 62.0 Å². The van der Waals surface area contributed by atoms with Gasteiger partial charge in [-0.25, -0.2) is 0 Å². The molecule has 0 spiro atoms. The van der Waals surface area contributed by atoms with Crippen LogP contribution in [0.5, 0.6) is 5.75 Å². The molecule has 126 valence electrons. The molecule has 0 aromatic heterocycles. The lowest BCUT2D eigenvalue weighted by Gasteiger charge is -2.11. The van der Waals surface area contributed by atoms with E-state index in [1.54, 1.807) is 18.2 Å². The number of hydrogen-bond donors (Lipinski definition) is 2. The zero-order valence-electron chi connectivity index (χ0n) is 13.2. The SMILES string of the molecule is Cc1ccc(C(=O)NNC(=O)COc2ccc(Br)cc2C)cc1Br. The van der Waals surface area contributed by atoms with Gasteiger partial charge in [-0.1, -0.05) is 37.9 Å². The van der Waals surface area contributed by atoms with Gasteiger partial charge in [0.25, 0.3) is 11.8 Å². The zero-order chi connectivity index (χ0) is 17.7. The molecule has 5 nitrogen and oxygen atoms in total. The normalized spacial score (nSPS) is 10.2. The Morgan fingerprint density at radius 1 is 1.00 bits per heavy atom. The third-order valence-electron chi connectivity index (χ3n) is 3.25. The number of hydrazine groups is 1. The van der Waals surface area contributed by atoms with Crippen molar-refractivity contribution < 1.29 is 14.3 Å². The summed E-state index contributed by atoms with van der Waals surface area (Å²) in [5.41, 5.74) is 7.06. The molecule has 24 heavy (non-hydrogen) atoms. The van der Waals surface area contributed by atoms with E-state index in [2.05, 4.69) is 42.7 Å². The fraction of sp³-hybridized carbons (Fsp3) is 0.176. The van der Waals surface area contributed by atoms with Gasteiger partial charge in [-0.2, -0.15) is 0 Å². The third kappa shape index (κ3) is 5.07. The van der Waals surface area contributed by atoms with Crippen molar-refractivity contribution in [2.45, 2.75) is 13.8 Å². The van der Waals surface area contributed by atoms with Crippen LogP contribution >= 0.6 is 31.9 Å². The number of amides is 2. The largest absolute Gasteiger partial charge is 0.483 e. The summed E-state index contributed by atoms with van der Waals surface area (Å²) in [6.07, 6.45) is 0. The Morgan fingerprint density at radius 2 is 1.75 bits per heavy atom. The average molecular weight is 456 g/mol. The molecule has 0 heterocycles. The first kappa shape index (κ1) is 18.5. The number of hydrogen-bond acceptors (Lipinski definition) is 3. The molecule has 0 aliphatic carbocycles. The molecule has 0 aliphatic heterocycles. The van der Waals surface area contributed by atoms with Crippen molar-refractivity contribution in [3.8, 4) is 5.75 Å². The molecule has 2 amide bonds. The number of rotatable bonds is 4. The molecule has 0 atom stereocenters. The van der Waals surface area contributed by atoms with Crippen LogP contribution in [0.15, 0.2) is 45.3 Å². The Bertz CT molecular complexity index is 778. The van der Waals surface area contributed by atoms with Crippen LogP contribution in [-0.2, 0) is 4.79 Å². The summed E-state index contributed by atoms with van der Waals surface area (Å²) in [5.74, 6) is -0.233. The van der Waals surface area contributed by atoms with Crippen LogP contribution in [-0.4, -0.2) is 18.4 Å². The highest BCUT2D eigenvalue weighted by molar-refractivity contribution is 9.10. The predicted molar refractivity (Wildman–Crippen MR) is 98.9 cm³/mol. The van der Waals surface area contributed by atoms with Crippen LogP contribution in [0.4, 0.5) is 0 Å². The molecular formula is C17H16Br2N2O3. The van der Waals surface area contributed by atoms with E-state index in [-0.39, 0.29) is 6.61 Å². The van der Waals surface area contributed by atoms with E-state index in [1.807, 2.05) is 32.0 Å². The Kier molecular flexibility index (Phi) is 6.39. The Morgan fingerprint density at radius 3 is 2.42 bits per heavy atom. The van der Waals surface area contributed by atoms with Crippen LogP contribution in [0.25, 0.3) is 0 Å². The average Bonchev–Trinajstić information content (AvgIpc) is 2.54. The molecule has 0 radical (unpaired) electrons. The Balaban J connectivity index is 1.84. The molecule has 0 bridgehead atoms. The van der Waals surface area contributed by atoms with E-state index >= 15 is 0 Å². The maximum atomic E-state index is 12.0. The standard InChI is InChI=1S/C17H16Br2N2O3/c1-10-3-4-12(8-14(10)19)17(23)21-20-16(22)9-24-15-6-5-13(18)7-11(15)2/h3-8H,9H2,1-2H3,(H,20,22)(H,21,23). The van der Waals surface area contributed by atoms with Crippen LogP contribution in [0.1, 0.15) is 21.5 Å². The fourth-order valence-corrected chi connectivity index (χ4v) is 2.74. The van der Waals surface area contributed by atoms with Crippen molar-refractivity contribution in [1.29, 1.82) is 0 Å². The molecule has 2 N–H and O–H groups in total. The lowest BCUT2D eigenvalue weighted by Crippen LogP contribution is -2.43. The minimum absolute atomic E-state index is 0.194. The number of halogens is 2. The van der Waals surface area contributed by atoms with Gasteiger partial charge in [-0.3, -0.25) is 20.4 Å².